The van der Waals surface area contributed by atoms with Gasteiger partial charge in [0.2, 0.25) is 11.9 Å². The van der Waals surface area contributed by atoms with Crippen molar-refractivity contribution in [3.05, 3.63) is 67.1 Å². The highest BCUT2D eigenvalue weighted by Crippen LogP contribution is 2.32. The van der Waals surface area contributed by atoms with Crippen LogP contribution in [0.25, 0.3) is 33.5 Å². The van der Waals surface area contributed by atoms with Crippen LogP contribution in [0.2, 0.25) is 0 Å². The normalized spacial score (nSPS) is 10.7. The molecule has 4 N–H and O–H groups in total. The van der Waals surface area contributed by atoms with Crippen molar-refractivity contribution < 1.29 is 4.39 Å². The Morgan fingerprint density at radius 1 is 0.630 bits per heavy atom. The first-order valence-electron chi connectivity index (χ1n) is 8.02. The summed E-state index contributed by atoms with van der Waals surface area (Å²) in [7, 11) is 0. The maximum absolute atomic E-state index is 14.7. The number of nitrogen functional groups attached to an aromatic ring is 2. The Morgan fingerprint density at radius 3 is 1.67 bits per heavy atom. The summed E-state index contributed by atoms with van der Waals surface area (Å²) >= 11 is 0. The fourth-order valence-corrected chi connectivity index (χ4v) is 2.72. The molecule has 0 radical (unpaired) electrons. The molecule has 0 saturated heterocycles. The highest BCUT2D eigenvalue weighted by molar-refractivity contribution is 5.83. The second kappa shape index (κ2) is 6.75. The third-order valence-electron chi connectivity index (χ3n) is 4.01. The Morgan fingerprint density at radius 2 is 1.11 bits per heavy atom. The predicted molar refractivity (Wildman–Crippen MR) is 101 cm³/mol. The quantitative estimate of drug-likeness (QED) is 0.577. The van der Waals surface area contributed by atoms with Gasteiger partial charge in [0.05, 0.1) is 0 Å². The van der Waals surface area contributed by atoms with Crippen LogP contribution in [0.3, 0.4) is 0 Å². The minimum Gasteiger partial charge on any atom is -0.368 e. The van der Waals surface area contributed by atoms with Gasteiger partial charge >= 0.3 is 0 Å². The molecule has 4 aromatic rings. The van der Waals surface area contributed by atoms with Crippen LogP contribution in [-0.2, 0) is 0 Å². The van der Waals surface area contributed by atoms with E-state index in [0.717, 1.165) is 16.7 Å². The molecule has 0 saturated carbocycles. The van der Waals surface area contributed by atoms with E-state index in [4.69, 9.17) is 11.5 Å². The number of hydrogen-bond acceptors (Lipinski definition) is 7. The molecular formula is C19H14FN7. The number of anilines is 2. The summed E-state index contributed by atoms with van der Waals surface area (Å²) in [4.78, 5) is 20.0. The van der Waals surface area contributed by atoms with E-state index in [9.17, 15) is 4.39 Å². The molecule has 0 aliphatic rings. The van der Waals surface area contributed by atoms with Gasteiger partial charge in [-0.25, -0.2) is 24.3 Å². The summed E-state index contributed by atoms with van der Waals surface area (Å²) in [5.41, 5.74) is 14.7. The predicted octanol–water partition coefficient (Wildman–Crippen LogP) is 2.97. The maximum Gasteiger partial charge on any atom is 0.219 e. The molecule has 0 spiro atoms. The molecule has 0 unspecified atom stereocenters. The van der Waals surface area contributed by atoms with E-state index in [-0.39, 0.29) is 17.6 Å². The highest BCUT2D eigenvalue weighted by Gasteiger charge is 2.13. The molecule has 0 bridgehead atoms. The van der Waals surface area contributed by atoms with Crippen molar-refractivity contribution in [2.45, 2.75) is 0 Å². The van der Waals surface area contributed by atoms with Gasteiger partial charge < -0.3 is 11.5 Å². The van der Waals surface area contributed by atoms with Crippen LogP contribution in [0.5, 0.6) is 0 Å². The van der Waals surface area contributed by atoms with E-state index in [1.54, 1.807) is 18.6 Å². The van der Waals surface area contributed by atoms with Crippen molar-refractivity contribution >= 4 is 11.9 Å². The first-order chi connectivity index (χ1) is 13.1. The second-order valence-corrected chi connectivity index (χ2v) is 5.76. The zero-order chi connectivity index (χ0) is 18.8. The Kier molecular flexibility index (Phi) is 4.13. The average molecular weight is 359 g/mol. The minimum atomic E-state index is -0.482. The van der Waals surface area contributed by atoms with E-state index in [1.807, 2.05) is 24.3 Å². The van der Waals surface area contributed by atoms with Gasteiger partial charge in [-0.15, -0.1) is 0 Å². The Hall–Kier alpha value is -3.94. The summed E-state index contributed by atoms with van der Waals surface area (Å²) in [5, 5.41) is 0. The van der Waals surface area contributed by atoms with Gasteiger partial charge in [-0.3, -0.25) is 4.98 Å². The highest BCUT2D eigenvalue weighted by atomic mass is 19.1. The zero-order valence-corrected chi connectivity index (χ0v) is 14.0. The van der Waals surface area contributed by atoms with Crippen LogP contribution in [0, 0.1) is 5.82 Å². The lowest BCUT2D eigenvalue weighted by Gasteiger charge is -2.11. The molecule has 4 rings (SSSR count). The zero-order valence-electron chi connectivity index (χ0n) is 14.0. The number of aromatic nitrogens is 5. The molecular weight excluding hydrogens is 345 g/mol. The van der Waals surface area contributed by atoms with Crippen molar-refractivity contribution in [1.29, 1.82) is 0 Å². The molecule has 0 aliphatic carbocycles. The van der Waals surface area contributed by atoms with Crippen LogP contribution in [0.15, 0.2) is 61.3 Å². The van der Waals surface area contributed by atoms with Crippen molar-refractivity contribution in [3.63, 3.8) is 0 Å². The minimum absolute atomic E-state index is 0.121. The summed E-state index contributed by atoms with van der Waals surface area (Å²) in [6.45, 7) is 0. The van der Waals surface area contributed by atoms with E-state index in [2.05, 4.69) is 24.9 Å². The first kappa shape index (κ1) is 16.5. The molecule has 3 aromatic heterocycles. The van der Waals surface area contributed by atoms with E-state index >= 15 is 0 Å². The van der Waals surface area contributed by atoms with Crippen LogP contribution in [0.1, 0.15) is 0 Å². The number of hydrogen-bond donors (Lipinski definition) is 2. The van der Waals surface area contributed by atoms with E-state index < -0.39 is 5.82 Å². The molecule has 7 nitrogen and oxygen atoms in total. The molecule has 132 valence electrons. The number of halogens is 1. The third kappa shape index (κ3) is 3.28. The number of rotatable bonds is 3. The Bertz CT molecular complexity index is 1100. The van der Waals surface area contributed by atoms with Crippen LogP contribution < -0.4 is 11.5 Å². The third-order valence-corrected chi connectivity index (χ3v) is 4.01. The van der Waals surface area contributed by atoms with Crippen molar-refractivity contribution in [2.24, 2.45) is 0 Å². The van der Waals surface area contributed by atoms with Crippen LogP contribution in [0.4, 0.5) is 16.3 Å². The summed E-state index contributed by atoms with van der Waals surface area (Å²) in [5.74, 6) is -0.168. The molecule has 0 atom stereocenters. The van der Waals surface area contributed by atoms with Gasteiger partial charge in [-0.05, 0) is 17.2 Å². The topological polar surface area (TPSA) is 116 Å². The van der Waals surface area contributed by atoms with Gasteiger partial charge in [0.25, 0.3) is 0 Å². The van der Waals surface area contributed by atoms with Gasteiger partial charge in [0.15, 0.2) is 0 Å². The Labute approximate surface area is 154 Å². The van der Waals surface area contributed by atoms with Gasteiger partial charge in [0, 0.05) is 47.7 Å². The lowest BCUT2D eigenvalue weighted by molar-refractivity contribution is 0.626. The summed E-state index contributed by atoms with van der Waals surface area (Å²) in [6, 6.07) is 8.98. The standard InChI is InChI=1S/C19H14FN7/c20-16-5-11(6-23-17(16)13-9-26-19(22)27-10-13)14-3-1-2-4-15(14)12-7-24-18(21)25-8-12/h1-10H,(H2,21,24,25)(H2,22,26,27). The van der Waals surface area contributed by atoms with Crippen molar-refractivity contribution in [2.75, 3.05) is 11.5 Å². The molecule has 8 heteroatoms. The summed E-state index contributed by atoms with van der Waals surface area (Å²) in [6.07, 6.45) is 7.74. The van der Waals surface area contributed by atoms with E-state index in [1.165, 1.54) is 18.5 Å². The van der Waals surface area contributed by atoms with Crippen molar-refractivity contribution in [1.82, 2.24) is 24.9 Å². The van der Waals surface area contributed by atoms with Crippen molar-refractivity contribution in [3.8, 4) is 33.5 Å². The second-order valence-electron chi connectivity index (χ2n) is 5.76. The smallest absolute Gasteiger partial charge is 0.219 e. The molecule has 1 aromatic carbocycles. The number of benzene rings is 1. The molecule has 27 heavy (non-hydrogen) atoms. The SMILES string of the molecule is Nc1ncc(-c2ccccc2-c2cnc(-c3cnc(N)nc3)c(F)c2)cn1. The van der Waals surface area contributed by atoms with Crippen LogP contribution in [-0.4, -0.2) is 24.9 Å². The first-order valence-corrected chi connectivity index (χ1v) is 8.02. The molecule has 0 fully saturated rings. The lowest BCUT2D eigenvalue weighted by atomic mass is 9.97. The van der Waals surface area contributed by atoms with Gasteiger partial charge in [-0.2, -0.15) is 0 Å². The van der Waals surface area contributed by atoms with Gasteiger partial charge in [-0.1, -0.05) is 24.3 Å². The fourth-order valence-electron chi connectivity index (χ4n) is 2.72. The molecule has 0 aliphatic heterocycles. The van der Waals surface area contributed by atoms with E-state index in [0.29, 0.717) is 11.1 Å². The molecule has 0 amide bonds. The van der Waals surface area contributed by atoms with Crippen LogP contribution >= 0.6 is 0 Å². The number of pyridine rings is 1. The molecule has 3 heterocycles. The largest absolute Gasteiger partial charge is 0.368 e. The summed E-state index contributed by atoms with van der Waals surface area (Å²) < 4.78 is 14.7. The number of nitrogens with zero attached hydrogens (tertiary/aromatic N) is 5. The maximum atomic E-state index is 14.7. The lowest BCUT2D eigenvalue weighted by Crippen LogP contribution is -1.97. The monoisotopic (exact) mass is 359 g/mol. The Balaban J connectivity index is 1.78. The fraction of sp³-hybridized carbons (Fsp3) is 0. The average Bonchev–Trinajstić information content (AvgIpc) is 2.69. The van der Waals surface area contributed by atoms with Gasteiger partial charge in [0.1, 0.15) is 11.5 Å². The number of nitrogens with two attached hydrogens (primary N) is 2.